The lowest BCUT2D eigenvalue weighted by atomic mass is 10.1. The minimum absolute atomic E-state index is 0.319. The van der Waals surface area contributed by atoms with E-state index in [-0.39, 0.29) is 0 Å². The number of ether oxygens (including phenoxy) is 1. The van der Waals surface area contributed by atoms with Crippen LogP contribution in [0.2, 0.25) is 0 Å². The average Bonchev–Trinajstić information content (AvgIpc) is 2.81. The van der Waals surface area contributed by atoms with Crippen LogP contribution in [0.3, 0.4) is 0 Å². The predicted molar refractivity (Wildman–Crippen MR) is 79.6 cm³/mol. The van der Waals surface area contributed by atoms with Crippen LogP contribution in [0.25, 0.3) is 10.6 Å². The van der Waals surface area contributed by atoms with Crippen LogP contribution in [-0.2, 0) is 6.42 Å². The number of methoxy groups -OCH3 is 1. The van der Waals surface area contributed by atoms with Crippen LogP contribution < -0.4 is 4.74 Å². The number of carboxylic acids is 1. The SMILES string of the molecule is COc1ccccc1-c1nc(CC(C)C)c(C(=O)O)s1. The summed E-state index contributed by atoms with van der Waals surface area (Å²) >= 11 is 1.20. The molecule has 0 saturated carbocycles. The van der Waals surface area contributed by atoms with Crippen LogP contribution in [0.5, 0.6) is 5.75 Å². The lowest BCUT2D eigenvalue weighted by Gasteiger charge is -2.04. The van der Waals surface area contributed by atoms with E-state index in [4.69, 9.17) is 4.74 Å². The number of hydrogen-bond donors (Lipinski definition) is 1. The molecule has 0 saturated heterocycles. The van der Waals surface area contributed by atoms with Gasteiger partial charge in [-0.15, -0.1) is 11.3 Å². The first-order chi connectivity index (χ1) is 9.52. The molecule has 2 aromatic rings. The normalized spacial score (nSPS) is 10.8. The summed E-state index contributed by atoms with van der Waals surface area (Å²) in [5.41, 5.74) is 1.48. The van der Waals surface area contributed by atoms with Crippen molar-refractivity contribution in [3.8, 4) is 16.3 Å². The second kappa shape index (κ2) is 6.05. The van der Waals surface area contributed by atoms with E-state index >= 15 is 0 Å². The molecule has 4 nitrogen and oxygen atoms in total. The molecule has 5 heteroatoms. The van der Waals surface area contributed by atoms with E-state index in [2.05, 4.69) is 4.98 Å². The van der Waals surface area contributed by atoms with Crippen molar-refractivity contribution in [1.82, 2.24) is 4.98 Å². The van der Waals surface area contributed by atoms with E-state index in [1.54, 1.807) is 7.11 Å². The highest BCUT2D eigenvalue weighted by Gasteiger charge is 2.20. The van der Waals surface area contributed by atoms with E-state index in [0.29, 0.717) is 33.7 Å². The average molecular weight is 291 g/mol. The number of benzene rings is 1. The van der Waals surface area contributed by atoms with Gasteiger partial charge in [0, 0.05) is 0 Å². The predicted octanol–water partition coefficient (Wildman–Crippen LogP) is 3.72. The fraction of sp³-hybridized carbons (Fsp3) is 0.333. The molecule has 1 aromatic heterocycles. The first kappa shape index (κ1) is 14.5. The molecule has 1 aromatic carbocycles. The van der Waals surface area contributed by atoms with E-state index in [1.165, 1.54) is 11.3 Å². The van der Waals surface area contributed by atoms with E-state index < -0.39 is 5.97 Å². The molecule has 0 spiro atoms. The third kappa shape index (κ3) is 2.99. The third-order valence-electron chi connectivity index (χ3n) is 2.83. The van der Waals surface area contributed by atoms with Gasteiger partial charge in [-0.1, -0.05) is 26.0 Å². The quantitative estimate of drug-likeness (QED) is 0.912. The second-order valence-corrected chi connectivity index (χ2v) is 5.90. The molecule has 20 heavy (non-hydrogen) atoms. The highest BCUT2D eigenvalue weighted by Crippen LogP contribution is 2.35. The van der Waals surface area contributed by atoms with Gasteiger partial charge in [0.2, 0.25) is 0 Å². The van der Waals surface area contributed by atoms with Gasteiger partial charge in [-0.2, -0.15) is 0 Å². The third-order valence-corrected chi connectivity index (χ3v) is 3.95. The fourth-order valence-electron chi connectivity index (χ4n) is 1.98. The molecular formula is C15H17NO3S. The first-order valence-electron chi connectivity index (χ1n) is 6.39. The minimum atomic E-state index is -0.917. The van der Waals surface area contributed by atoms with Crippen molar-refractivity contribution in [1.29, 1.82) is 0 Å². The summed E-state index contributed by atoms with van der Waals surface area (Å²) in [7, 11) is 1.60. The second-order valence-electron chi connectivity index (χ2n) is 4.90. The molecule has 106 valence electrons. The molecule has 1 N–H and O–H groups in total. The van der Waals surface area contributed by atoms with Crippen molar-refractivity contribution in [2.45, 2.75) is 20.3 Å². The van der Waals surface area contributed by atoms with Gasteiger partial charge in [0.25, 0.3) is 0 Å². The van der Waals surface area contributed by atoms with Gasteiger partial charge < -0.3 is 9.84 Å². The molecule has 0 aliphatic rings. The Balaban J connectivity index is 2.50. The van der Waals surface area contributed by atoms with Gasteiger partial charge in [-0.05, 0) is 24.5 Å². The van der Waals surface area contributed by atoms with Crippen LogP contribution in [0, 0.1) is 5.92 Å². The van der Waals surface area contributed by atoms with Crippen molar-refractivity contribution in [3.05, 3.63) is 34.8 Å². The maximum atomic E-state index is 11.3. The molecular weight excluding hydrogens is 274 g/mol. The number of rotatable bonds is 5. The van der Waals surface area contributed by atoms with E-state index in [0.717, 1.165) is 5.56 Å². The first-order valence-corrected chi connectivity index (χ1v) is 7.21. The molecule has 0 fully saturated rings. The smallest absolute Gasteiger partial charge is 0.347 e. The van der Waals surface area contributed by atoms with E-state index in [9.17, 15) is 9.90 Å². The Bertz CT molecular complexity index is 619. The number of nitrogens with zero attached hydrogens (tertiary/aromatic N) is 1. The van der Waals surface area contributed by atoms with Crippen LogP contribution in [-0.4, -0.2) is 23.2 Å². The standard InChI is InChI=1S/C15H17NO3S/c1-9(2)8-11-13(15(17)18)20-14(16-11)10-6-4-5-7-12(10)19-3/h4-7,9H,8H2,1-3H3,(H,17,18). The number of carbonyl (C=O) groups is 1. The highest BCUT2D eigenvalue weighted by atomic mass is 32.1. The summed E-state index contributed by atoms with van der Waals surface area (Å²) in [4.78, 5) is 16.2. The zero-order valence-electron chi connectivity index (χ0n) is 11.7. The molecule has 0 amide bonds. The Labute approximate surface area is 122 Å². The summed E-state index contributed by atoms with van der Waals surface area (Å²) in [5, 5.41) is 9.99. The van der Waals surface area contributed by atoms with Crippen molar-refractivity contribution >= 4 is 17.3 Å². The Morgan fingerprint density at radius 3 is 2.70 bits per heavy atom. The topological polar surface area (TPSA) is 59.4 Å². The lowest BCUT2D eigenvalue weighted by Crippen LogP contribution is -2.02. The number of para-hydroxylation sites is 1. The van der Waals surface area contributed by atoms with Gasteiger partial charge in [0.05, 0.1) is 18.4 Å². The van der Waals surface area contributed by atoms with Crippen LogP contribution in [0.4, 0.5) is 0 Å². The molecule has 2 rings (SSSR count). The maximum Gasteiger partial charge on any atom is 0.347 e. The fourth-order valence-corrected chi connectivity index (χ4v) is 2.94. The number of aromatic carboxylic acids is 1. The van der Waals surface area contributed by atoms with Crippen molar-refractivity contribution in [2.75, 3.05) is 7.11 Å². The number of hydrogen-bond acceptors (Lipinski definition) is 4. The van der Waals surface area contributed by atoms with Crippen molar-refractivity contribution < 1.29 is 14.6 Å². The van der Waals surface area contributed by atoms with Crippen LogP contribution >= 0.6 is 11.3 Å². The summed E-state index contributed by atoms with van der Waals surface area (Å²) in [6.45, 7) is 4.10. The van der Waals surface area contributed by atoms with Crippen LogP contribution in [0.15, 0.2) is 24.3 Å². The van der Waals surface area contributed by atoms with Gasteiger partial charge in [-0.25, -0.2) is 9.78 Å². The highest BCUT2D eigenvalue weighted by molar-refractivity contribution is 7.17. The Kier molecular flexibility index (Phi) is 4.39. The molecule has 0 aliphatic carbocycles. The largest absolute Gasteiger partial charge is 0.496 e. The van der Waals surface area contributed by atoms with E-state index in [1.807, 2.05) is 38.1 Å². The molecule has 0 atom stereocenters. The van der Waals surface area contributed by atoms with Gasteiger partial charge >= 0.3 is 5.97 Å². The lowest BCUT2D eigenvalue weighted by molar-refractivity contribution is 0.0700. The van der Waals surface area contributed by atoms with Crippen LogP contribution in [0.1, 0.15) is 29.2 Å². The Morgan fingerprint density at radius 2 is 2.10 bits per heavy atom. The monoisotopic (exact) mass is 291 g/mol. The summed E-state index contributed by atoms with van der Waals surface area (Å²) in [6.07, 6.45) is 0.660. The zero-order valence-corrected chi connectivity index (χ0v) is 12.5. The summed E-state index contributed by atoms with van der Waals surface area (Å²) < 4.78 is 5.31. The zero-order chi connectivity index (χ0) is 14.7. The Hall–Kier alpha value is -1.88. The Morgan fingerprint density at radius 1 is 1.40 bits per heavy atom. The molecule has 0 unspecified atom stereocenters. The summed E-state index contributed by atoms with van der Waals surface area (Å²) in [6, 6.07) is 7.51. The molecule has 0 bridgehead atoms. The minimum Gasteiger partial charge on any atom is -0.496 e. The maximum absolute atomic E-state index is 11.3. The summed E-state index contributed by atoms with van der Waals surface area (Å²) in [5.74, 6) is 0.148. The van der Waals surface area contributed by atoms with Gasteiger partial charge in [0.15, 0.2) is 0 Å². The number of carboxylic acid groups (broad SMARTS) is 1. The molecule has 0 aliphatic heterocycles. The molecule has 0 radical (unpaired) electrons. The number of thiazole rings is 1. The van der Waals surface area contributed by atoms with Gasteiger partial charge in [-0.3, -0.25) is 0 Å². The number of aromatic nitrogens is 1. The molecule has 1 heterocycles. The van der Waals surface area contributed by atoms with Gasteiger partial charge in [0.1, 0.15) is 15.6 Å². The van der Waals surface area contributed by atoms with Crippen molar-refractivity contribution in [2.24, 2.45) is 5.92 Å². The van der Waals surface area contributed by atoms with Crippen molar-refractivity contribution in [3.63, 3.8) is 0 Å².